The van der Waals surface area contributed by atoms with E-state index in [1.807, 2.05) is 6.07 Å². The van der Waals surface area contributed by atoms with Gasteiger partial charge in [-0.2, -0.15) is 0 Å². The number of hydrogen-bond donors (Lipinski definition) is 0. The van der Waals surface area contributed by atoms with Gasteiger partial charge >= 0.3 is 0 Å². The van der Waals surface area contributed by atoms with Gasteiger partial charge in [0, 0.05) is 15.8 Å². The summed E-state index contributed by atoms with van der Waals surface area (Å²) in [6.45, 7) is 0. The zero-order valence-electron chi connectivity index (χ0n) is 7.20. The molecule has 5 nitrogen and oxygen atoms in total. The second kappa shape index (κ2) is 3.29. The lowest BCUT2D eigenvalue weighted by Gasteiger charge is -2.09. The van der Waals surface area contributed by atoms with Gasteiger partial charge in [-0.1, -0.05) is 18.2 Å². The molecule has 0 amide bonds. The molecule has 0 N–H and O–H groups in total. The van der Waals surface area contributed by atoms with Crippen LogP contribution in [0.4, 0.5) is 5.69 Å². The maximum Gasteiger partial charge on any atom is 0.166 e. The number of para-hydroxylation sites is 1. The average Bonchev–Trinajstić information content (AvgIpc) is 2.39. The molecule has 0 saturated heterocycles. The number of fused-ring (bicyclic) bond motifs is 1. The van der Waals surface area contributed by atoms with Crippen molar-refractivity contribution < 1.29 is 5.03 Å². The first-order valence-electron chi connectivity index (χ1n) is 4.03. The Balaban J connectivity index is 2.55. The minimum absolute atomic E-state index is 0.475. The summed E-state index contributed by atoms with van der Waals surface area (Å²) in [7, 11) is 0. The van der Waals surface area contributed by atoms with E-state index in [-0.39, 0.29) is 0 Å². The number of hydrazone groups is 1. The van der Waals surface area contributed by atoms with Gasteiger partial charge in [-0.05, 0) is 18.2 Å². The van der Waals surface area contributed by atoms with Gasteiger partial charge in [0.1, 0.15) is 5.69 Å². The van der Waals surface area contributed by atoms with Crippen LogP contribution in [0.1, 0.15) is 5.56 Å². The summed E-state index contributed by atoms with van der Waals surface area (Å²) in [6, 6.07) is 7.03. The highest BCUT2D eigenvalue weighted by molar-refractivity contribution is 5.83. The van der Waals surface area contributed by atoms with Gasteiger partial charge in [0.05, 0.1) is 5.03 Å². The zero-order valence-corrected chi connectivity index (χ0v) is 7.20. The second-order valence-corrected chi connectivity index (χ2v) is 2.71. The van der Waals surface area contributed by atoms with E-state index in [9.17, 15) is 10.1 Å². The van der Waals surface area contributed by atoms with Crippen LogP contribution in [-0.2, 0) is 0 Å². The van der Waals surface area contributed by atoms with Crippen LogP contribution in [0.3, 0.4) is 0 Å². The van der Waals surface area contributed by atoms with Crippen LogP contribution in [0, 0.1) is 10.1 Å². The monoisotopic (exact) mass is 189 g/mol. The maximum absolute atomic E-state index is 10.7. The zero-order chi connectivity index (χ0) is 9.97. The number of allylic oxidation sites excluding steroid dienone is 1. The topological polar surface area (TPSA) is 58.7 Å². The standard InChI is InChI=1S/C9H7N3O2/c13-12(14)11-9-6-2-1-4-8(9)5-3-7-10-11/h1-7H. The summed E-state index contributed by atoms with van der Waals surface area (Å²) in [5.74, 6) is 0. The van der Waals surface area contributed by atoms with E-state index in [0.29, 0.717) is 5.69 Å². The minimum atomic E-state index is -0.553. The molecule has 0 spiro atoms. The second-order valence-electron chi connectivity index (χ2n) is 2.71. The normalized spacial score (nSPS) is 13.6. The summed E-state index contributed by atoms with van der Waals surface area (Å²) in [4.78, 5) is 10.7. The molecule has 1 aromatic rings. The molecule has 14 heavy (non-hydrogen) atoms. The van der Waals surface area contributed by atoms with Gasteiger partial charge in [0.2, 0.25) is 0 Å². The number of hydrazine groups is 1. The lowest BCUT2D eigenvalue weighted by molar-refractivity contribution is -0.495. The first-order chi connectivity index (χ1) is 6.79. The van der Waals surface area contributed by atoms with Gasteiger partial charge in [0.25, 0.3) is 0 Å². The highest BCUT2D eigenvalue weighted by atomic mass is 16.7. The molecule has 0 aromatic heterocycles. The Morgan fingerprint density at radius 1 is 1.36 bits per heavy atom. The van der Waals surface area contributed by atoms with Crippen molar-refractivity contribution in [3.05, 3.63) is 46.0 Å². The molecule has 1 aliphatic rings. The van der Waals surface area contributed by atoms with Crippen molar-refractivity contribution in [3.8, 4) is 0 Å². The van der Waals surface area contributed by atoms with Crippen LogP contribution in [0.15, 0.2) is 35.4 Å². The fraction of sp³-hybridized carbons (Fsp3) is 0. The quantitative estimate of drug-likeness (QED) is 0.499. The third-order valence-corrected chi connectivity index (χ3v) is 1.84. The van der Waals surface area contributed by atoms with E-state index >= 15 is 0 Å². The van der Waals surface area contributed by atoms with Gasteiger partial charge < -0.3 is 10.1 Å². The summed E-state index contributed by atoms with van der Waals surface area (Å²) < 4.78 is 0. The fourth-order valence-electron chi connectivity index (χ4n) is 1.25. The third-order valence-electron chi connectivity index (χ3n) is 1.84. The Morgan fingerprint density at radius 3 is 2.93 bits per heavy atom. The number of benzene rings is 1. The average molecular weight is 189 g/mol. The van der Waals surface area contributed by atoms with Crippen molar-refractivity contribution in [2.45, 2.75) is 0 Å². The number of anilines is 1. The Morgan fingerprint density at radius 2 is 2.14 bits per heavy atom. The molecule has 0 atom stereocenters. The summed E-state index contributed by atoms with van der Waals surface area (Å²) in [6.07, 6.45) is 4.84. The van der Waals surface area contributed by atoms with E-state index in [1.54, 1.807) is 30.4 Å². The number of nitrogens with zero attached hydrogens (tertiary/aromatic N) is 3. The molecule has 5 heteroatoms. The summed E-state index contributed by atoms with van der Waals surface area (Å²) in [5, 5.41) is 14.6. The molecule has 0 unspecified atom stereocenters. The van der Waals surface area contributed by atoms with Crippen LogP contribution < -0.4 is 5.12 Å². The van der Waals surface area contributed by atoms with E-state index in [0.717, 1.165) is 10.7 Å². The predicted octanol–water partition coefficient (Wildman–Crippen LogP) is 1.70. The minimum Gasteiger partial charge on any atom is -0.339 e. The first-order valence-corrected chi connectivity index (χ1v) is 4.03. The SMILES string of the molecule is O=[N+]([O-])N1N=CC=Cc2ccccc21. The smallest absolute Gasteiger partial charge is 0.166 e. The van der Waals surface area contributed by atoms with E-state index in [1.165, 1.54) is 6.21 Å². The van der Waals surface area contributed by atoms with Crippen molar-refractivity contribution in [2.24, 2.45) is 5.10 Å². The van der Waals surface area contributed by atoms with Crippen molar-refractivity contribution >= 4 is 18.0 Å². The van der Waals surface area contributed by atoms with Crippen LogP contribution in [0.25, 0.3) is 6.08 Å². The van der Waals surface area contributed by atoms with Gasteiger partial charge in [0.15, 0.2) is 6.21 Å². The van der Waals surface area contributed by atoms with Crippen molar-refractivity contribution in [1.82, 2.24) is 0 Å². The number of nitro groups is 1. The van der Waals surface area contributed by atoms with Gasteiger partial charge in [-0.25, -0.2) is 0 Å². The van der Waals surface area contributed by atoms with E-state index in [2.05, 4.69) is 5.10 Å². The molecule has 1 heterocycles. The molecule has 0 bridgehead atoms. The molecular weight excluding hydrogens is 182 g/mol. The largest absolute Gasteiger partial charge is 0.339 e. The number of rotatable bonds is 1. The van der Waals surface area contributed by atoms with Crippen LogP contribution >= 0.6 is 0 Å². The summed E-state index contributed by atoms with van der Waals surface area (Å²) in [5.41, 5.74) is 1.25. The third kappa shape index (κ3) is 1.35. The van der Waals surface area contributed by atoms with E-state index in [4.69, 9.17) is 0 Å². The van der Waals surface area contributed by atoms with Crippen molar-refractivity contribution in [3.63, 3.8) is 0 Å². The number of hydrogen-bond acceptors (Lipinski definition) is 3. The molecule has 0 aliphatic carbocycles. The van der Waals surface area contributed by atoms with Crippen LogP contribution in [-0.4, -0.2) is 11.2 Å². The molecule has 0 saturated carbocycles. The predicted molar refractivity (Wildman–Crippen MR) is 53.4 cm³/mol. The fourth-order valence-corrected chi connectivity index (χ4v) is 1.25. The Bertz CT molecular complexity index is 426. The van der Waals surface area contributed by atoms with Gasteiger partial charge in [-0.3, -0.25) is 0 Å². The maximum atomic E-state index is 10.7. The van der Waals surface area contributed by atoms with Gasteiger partial charge in [-0.15, -0.1) is 0 Å². The van der Waals surface area contributed by atoms with E-state index < -0.39 is 5.03 Å². The molecule has 2 rings (SSSR count). The molecule has 1 aromatic carbocycles. The van der Waals surface area contributed by atoms with Crippen LogP contribution in [0.5, 0.6) is 0 Å². The Labute approximate surface area is 80.1 Å². The highest BCUT2D eigenvalue weighted by Gasteiger charge is 2.18. The molecule has 1 aliphatic heterocycles. The molecule has 0 radical (unpaired) electrons. The Hall–Kier alpha value is -2.17. The van der Waals surface area contributed by atoms with Crippen molar-refractivity contribution in [1.29, 1.82) is 0 Å². The molecular formula is C9H7N3O2. The summed E-state index contributed by atoms with van der Waals surface area (Å²) >= 11 is 0. The first kappa shape index (κ1) is 8.43. The van der Waals surface area contributed by atoms with Crippen molar-refractivity contribution in [2.75, 3.05) is 5.12 Å². The molecule has 70 valence electrons. The lowest BCUT2D eigenvalue weighted by atomic mass is 10.2. The van der Waals surface area contributed by atoms with Crippen LogP contribution in [0.2, 0.25) is 0 Å². The molecule has 0 fully saturated rings. The Kier molecular flexibility index (Phi) is 1.98. The lowest BCUT2D eigenvalue weighted by Crippen LogP contribution is -2.23. The highest BCUT2D eigenvalue weighted by Crippen LogP contribution is 2.23.